The molecule has 3 N–H and O–H groups in total. The number of urea groups is 1. The van der Waals surface area contributed by atoms with E-state index in [9.17, 15) is 13.6 Å². The Morgan fingerprint density at radius 2 is 1.84 bits per heavy atom. The standard InChI is InChI=1S/C14H18F2N2O2.C9H13NS/c1-7(2)10-5-9(20-13(15)16)6-11(8-3-4-8)12(10)18-14(17)19;1-10(2)7-8-3-5-9(11)6-4-8/h5-8,13H,3-4H2,1-2H3,(H3,17,18,19);3-6,11H,7H2,1-2H3. The molecule has 0 bridgehead atoms. The van der Waals surface area contributed by atoms with Gasteiger partial charge < -0.3 is 20.7 Å². The van der Waals surface area contributed by atoms with E-state index in [1.54, 1.807) is 6.07 Å². The van der Waals surface area contributed by atoms with Gasteiger partial charge in [-0.25, -0.2) is 4.79 Å². The van der Waals surface area contributed by atoms with Crippen molar-refractivity contribution in [2.75, 3.05) is 19.4 Å². The molecule has 1 fully saturated rings. The topological polar surface area (TPSA) is 67.6 Å². The lowest BCUT2D eigenvalue weighted by Crippen LogP contribution is -2.21. The van der Waals surface area contributed by atoms with Crippen molar-refractivity contribution in [3.8, 4) is 5.75 Å². The third-order valence-corrected chi connectivity index (χ3v) is 5.02. The molecule has 2 aromatic rings. The van der Waals surface area contributed by atoms with E-state index in [4.69, 9.17) is 5.73 Å². The summed E-state index contributed by atoms with van der Waals surface area (Å²) in [6.45, 7) is 1.97. The van der Waals surface area contributed by atoms with Crippen LogP contribution in [-0.4, -0.2) is 31.6 Å². The van der Waals surface area contributed by atoms with Gasteiger partial charge in [-0.2, -0.15) is 8.78 Å². The summed E-state index contributed by atoms with van der Waals surface area (Å²) in [5.41, 5.74) is 8.74. The summed E-state index contributed by atoms with van der Waals surface area (Å²) in [4.78, 5) is 14.3. The number of nitrogens with two attached hydrogens (primary N) is 1. The van der Waals surface area contributed by atoms with Gasteiger partial charge in [-0.3, -0.25) is 0 Å². The van der Waals surface area contributed by atoms with Crippen LogP contribution in [0.4, 0.5) is 19.3 Å². The van der Waals surface area contributed by atoms with Crippen LogP contribution in [0.25, 0.3) is 0 Å². The van der Waals surface area contributed by atoms with Gasteiger partial charge in [0, 0.05) is 17.1 Å². The minimum atomic E-state index is -2.86. The number of carbonyl (C=O) groups excluding carboxylic acids is 1. The third kappa shape index (κ3) is 8.38. The highest BCUT2D eigenvalue weighted by Gasteiger charge is 2.29. The maximum atomic E-state index is 12.4. The van der Waals surface area contributed by atoms with Crippen molar-refractivity contribution in [1.82, 2.24) is 4.90 Å². The minimum absolute atomic E-state index is 0.0515. The first kappa shape index (κ1) is 24.9. The molecule has 2 amide bonds. The van der Waals surface area contributed by atoms with Crippen LogP contribution in [0.15, 0.2) is 41.3 Å². The summed E-state index contributed by atoms with van der Waals surface area (Å²) >= 11 is 4.21. The summed E-state index contributed by atoms with van der Waals surface area (Å²) in [7, 11) is 4.13. The van der Waals surface area contributed by atoms with Crippen LogP contribution in [0.1, 0.15) is 55.2 Å². The van der Waals surface area contributed by atoms with E-state index in [-0.39, 0.29) is 17.6 Å². The zero-order chi connectivity index (χ0) is 23.1. The fourth-order valence-corrected chi connectivity index (χ4v) is 3.38. The molecule has 170 valence electrons. The number of halogens is 2. The number of benzene rings is 2. The molecule has 1 aliphatic rings. The van der Waals surface area contributed by atoms with Crippen LogP contribution in [0.5, 0.6) is 5.75 Å². The second-order valence-electron chi connectivity index (χ2n) is 8.18. The monoisotopic (exact) mass is 451 g/mol. The SMILES string of the molecule is CC(C)c1cc(OC(F)F)cc(C2CC2)c1NC(N)=O.CN(C)Cc1ccc(S)cc1. The van der Waals surface area contributed by atoms with Crippen molar-refractivity contribution < 1.29 is 18.3 Å². The molecule has 1 aliphatic carbocycles. The number of rotatable bonds is 7. The zero-order valence-electron chi connectivity index (χ0n) is 18.4. The number of hydrogen-bond donors (Lipinski definition) is 3. The summed E-state index contributed by atoms with van der Waals surface area (Å²) in [6.07, 6.45) is 1.95. The highest BCUT2D eigenvalue weighted by molar-refractivity contribution is 7.80. The molecular weight excluding hydrogens is 420 g/mol. The first-order valence-electron chi connectivity index (χ1n) is 10.2. The number of alkyl halides is 2. The Balaban J connectivity index is 0.000000262. The lowest BCUT2D eigenvalue weighted by atomic mass is 9.95. The van der Waals surface area contributed by atoms with Crippen molar-refractivity contribution in [2.45, 2.75) is 56.6 Å². The molecule has 0 spiro atoms. The molecule has 0 aromatic heterocycles. The van der Waals surface area contributed by atoms with Crippen molar-refractivity contribution in [2.24, 2.45) is 5.73 Å². The normalized spacial score (nSPS) is 13.2. The number of thiol groups is 1. The molecule has 31 heavy (non-hydrogen) atoms. The lowest BCUT2D eigenvalue weighted by molar-refractivity contribution is -0.0499. The Morgan fingerprint density at radius 1 is 1.23 bits per heavy atom. The first-order chi connectivity index (χ1) is 14.6. The summed E-state index contributed by atoms with van der Waals surface area (Å²) in [5, 5.41) is 2.62. The Morgan fingerprint density at radius 3 is 2.29 bits per heavy atom. The van der Waals surface area contributed by atoms with Gasteiger partial charge in [-0.1, -0.05) is 26.0 Å². The number of nitrogens with zero attached hydrogens (tertiary/aromatic N) is 1. The van der Waals surface area contributed by atoms with Crippen LogP contribution >= 0.6 is 12.6 Å². The van der Waals surface area contributed by atoms with Gasteiger partial charge in [0.1, 0.15) is 5.75 Å². The molecule has 0 heterocycles. The molecule has 2 aromatic carbocycles. The molecule has 8 heteroatoms. The Hall–Kier alpha value is -2.32. The number of anilines is 1. The maximum Gasteiger partial charge on any atom is 0.387 e. The highest BCUT2D eigenvalue weighted by Crippen LogP contribution is 2.47. The first-order valence-corrected chi connectivity index (χ1v) is 10.6. The molecule has 5 nitrogen and oxygen atoms in total. The number of carbonyl (C=O) groups is 1. The predicted molar refractivity (Wildman–Crippen MR) is 123 cm³/mol. The van der Waals surface area contributed by atoms with Gasteiger partial charge >= 0.3 is 12.6 Å². The molecule has 1 saturated carbocycles. The average Bonchev–Trinajstić information content (AvgIpc) is 3.49. The number of amides is 2. The van der Waals surface area contributed by atoms with Crippen LogP contribution in [0, 0.1) is 0 Å². The number of ether oxygens (including phenoxy) is 1. The number of hydrogen-bond acceptors (Lipinski definition) is 4. The largest absolute Gasteiger partial charge is 0.435 e. The van der Waals surface area contributed by atoms with Crippen LogP contribution in [0.3, 0.4) is 0 Å². The van der Waals surface area contributed by atoms with Crippen molar-refractivity contribution in [3.05, 3.63) is 53.1 Å². The molecule has 3 rings (SSSR count). The Kier molecular flexibility index (Phi) is 9.13. The van der Waals surface area contributed by atoms with Gasteiger partial charge in [0.05, 0.1) is 0 Å². The fraction of sp³-hybridized carbons (Fsp3) is 0.435. The van der Waals surface area contributed by atoms with Crippen molar-refractivity contribution >= 4 is 24.3 Å². The molecule has 0 saturated heterocycles. The van der Waals surface area contributed by atoms with Gasteiger partial charge in [0.2, 0.25) is 0 Å². The summed E-state index contributed by atoms with van der Waals surface area (Å²) in [5.74, 6) is 0.451. The van der Waals surface area contributed by atoms with Crippen LogP contribution < -0.4 is 15.8 Å². The van der Waals surface area contributed by atoms with E-state index in [1.807, 2.05) is 26.0 Å². The van der Waals surface area contributed by atoms with E-state index in [1.165, 1.54) is 11.6 Å². The van der Waals surface area contributed by atoms with E-state index < -0.39 is 12.6 Å². The molecule has 0 atom stereocenters. The minimum Gasteiger partial charge on any atom is -0.435 e. The molecule has 0 radical (unpaired) electrons. The third-order valence-electron chi connectivity index (χ3n) is 4.72. The predicted octanol–water partition coefficient (Wildman–Crippen LogP) is 5.82. The fourth-order valence-electron chi connectivity index (χ4n) is 3.24. The smallest absolute Gasteiger partial charge is 0.387 e. The second kappa shape index (κ2) is 11.3. The second-order valence-corrected chi connectivity index (χ2v) is 8.69. The zero-order valence-corrected chi connectivity index (χ0v) is 19.3. The maximum absolute atomic E-state index is 12.4. The molecular formula is C23H31F2N3O2S. The Bertz CT molecular complexity index is 847. The highest BCUT2D eigenvalue weighted by atomic mass is 32.1. The quantitative estimate of drug-likeness (QED) is 0.465. The van der Waals surface area contributed by atoms with Gasteiger partial charge in [0.25, 0.3) is 0 Å². The Labute approximate surface area is 188 Å². The van der Waals surface area contributed by atoms with E-state index in [2.05, 4.69) is 53.8 Å². The van der Waals surface area contributed by atoms with Crippen molar-refractivity contribution in [1.29, 1.82) is 0 Å². The number of nitrogens with one attached hydrogen (secondary N) is 1. The van der Waals surface area contributed by atoms with Gasteiger partial charge in [0.15, 0.2) is 0 Å². The van der Waals surface area contributed by atoms with E-state index in [0.29, 0.717) is 5.69 Å². The number of primary amides is 1. The van der Waals surface area contributed by atoms with Crippen molar-refractivity contribution in [3.63, 3.8) is 0 Å². The van der Waals surface area contributed by atoms with E-state index >= 15 is 0 Å². The van der Waals surface area contributed by atoms with E-state index in [0.717, 1.165) is 35.4 Å². The van der Waals surface area contributed by atoms with Crippen LogP contribution in [0.2, 0.25) is 0 Å². The average molecular weight is 452 g/mol. The van der Waals surface area contributed by atoms with Gasteiger partial charge in [-0.05, 0) is 79.7 Å². The summed E-state index contributed by atoms with van der Waals surface area (Å²) < 4.78 is 29.3. The molecule has 0 aliphatic heterocycles. The summed E-state index contributed by atoms with van der Waals surface area (Å²) in [6, 6.07) is 10.7. The lowest BCUT2D eigenvalue weighted by Gasteiger charge is -2.19. The van der Waals surface area contributed by atoms with Crippen LogP contribution in [-0.2, 0) is 6.54 Å². The van der Waals surface area contributed by atoms with Gasteiger partial charge in [-0.15, -0.1) is 12.6 Å². The molecule has 0 unspecified atom stereocenters.